The van der Waals surface area contributed by atoms with Gasteiger partial charge in [0.2, 0.25) is 0 Å². The third kappa shape index (κ3) is 2.56. The molecule has 0 N–H and O–H groups in total. The molecule has 0 fully saturated rings. The molecule has 0 saturated carbocycles. The normalized spacial score (nSPS) is 11.8. The summed E-state index contributed by atoms with van der Waals surface area (Å²) in [6.45, 7) is 6.36. The maximum atomic E-state index is 13.7. The summed E-state index contributed by atoms with van der Waals surface area (Å²) in [5, 5.41) is 2.41. The van der Waals surface area contributed by atoms with Gasteiger partial charge in [-0.1, -0.05) is 69.3 Å². The Hall–Kier alpha value is -2.15. The zero-order valence-electron chi connectivity index (χ0n) is 12.7. The summed E-state index contributed by atoms with van der Waals surface area (Å²) in [5.41, 5.74) is 3.21. The van der Waals surface area contributed by atoms with Gasteiger partial charge < -0.3 is 0 Å². The van der Waals surface area contributed by atoms with E-state index in [1.54, 1.807) is 12.1 Å². The lowest BCUT2D eigenvalue weighted by molar-refractivity contribution is 0.574. The molecule has 106 valence electrons. The molecule has 0 aliphatic rings. The van der Waals surface area contributed by atoms with Crippen molar-refractivity contribution in [1.29, 1.82) is 0 Å². The molecule has 0 heterocycles. The van der Waals surface area contributed by atoms with Gasteiger partial charge in [0.05, 0.1) is 0 Å². The molecule has 0 aliphatic heterocycles. The van der Waals surface area contributed by atoms with E-state index in [-0.39, 0.29) is 11.2 Å². The second kappa shape index (κ2) is 5.00. The van der Waals surface area contributed by atoms with Crippen LogP contribution in [0.15, 0.2) is 60.7 Å². The molecular weight excluding hydrogens is 259 g/mol. The van der Waals surface area contributed by atoms with Crippen LogP contribution in [0.25, 0.3) is 21.9 Å². The van der Waals surface area contributed by atoms with Gasteiger partial charge in [0.15, 0.2) is 0 Å². The Kier molecular flexibility index (Phi) is 3.29. The molecule has 0 aromatic heterocycles. The third-order valence-electron chi connectivity index (χ3n) is 3.87. The molecule has 0 bridgehead atoms. The van der Waals surface area contributed by atoms with Crippen molar-refractivity contribution < 1.29 is 4.39 Å². The smallest absolute Gasteiger partial charge is 0.123 e. The van der Waals surface area contributed by atoms with Crippen LogP contribution in [0.5, 0.6) is 0 Å². The van der Waals surface area contributed by atoms with Gasteiger partial charge >= 0.3 is 0 Å². The van der Waals surface area contributed by atoms with Crippen molar-refractivity contribution in [2.75, 3.05) is 0 Å². The summed E-state index contributed by atoms with van der Waals surface area (Å²) in [6.07, 6.45) is 0. The first kappa shape index (κ1) is 13.8. The highest BCUT2D eigenvalue weighted by Crippen LogP contribution is 2.36. The topological polar surface area (TPSA) is 0 Å². The van der Waals surface area contributed by atoms with E-state index in [1.165, 1.54) is 10.8 Å². The molecule has 3 rings (SSSR count). The van der Waals surface area contributed by atoms with Crippen LogP contribution in [-0.4, -0.2) is 0 Å². The summed E-state index contributed by atoms with van der Waals surface area (Å²) in [5.74, 6) is -0.177. The van der Waals surface area contributed by atoms with Crippen LogP contribution in [0.4, 0.5) is 4.39 Å². The summed E-state index contributed by atoms with van der Waals surface area (Å²) in [4.78, 5) is 0. The van der Waals surface area contributed by atoms with Gasteiger partial charge in [0.25, 0.3) is 0 Å². The third-order valence-corrected chi connectivity index (χ3v) is 3.87. The molecule has 0 radical (unpaired) electrons. The van der Waals surface area contributed by atoms with Crippen LogP contribution in [0.3, 0.4) is 0 Å². The number of fused-ring (bicyclic) bond motifs is 1. The van der Waals surface area contributed by atoms with Crippen LogP contribution in [0.1, 0.15) is 26.3 Å². The molecule has 0 saturated heterocycles. The van der Waals surface area contributed by atoms with Crippen LogP contribution < -0.4 is 0 Å². The monoisotopic (exact) mass is 278 g/mol. The highest BCUT2D eigenvalue weighted by molar-refractivity contribution is 5.97. The minimum absolute atomic E-state index is 0.103. The van der Waals surface area contributed by atoms with Crippen molar-refractivity contribution in [2.45, 2.75) is 26.2 Å². The maximum absolute atomic E-state index is 13.7. The molecule has 1 heteroatoms. The predicted octanol–water partition coefficient (Wildman–Crippen LogP) is 5.94. The number of benzene rings is 3. The molecule has 0 amide bonds. The molecule has 0 nitrogen and oxygen atoms in total. The quantitative estimate of drug-likeness (QED) is 0.516. The lowest BCUT2D eigenvalue weighted by Crippen LogP contribution is -2.13. The van der Waals surface area contributed by atoms with Crippen LogP contribution in [0, 0.1) is 5.82 Å². The van der Waals surface area contributed by atoms with E-state index in [4.69, 9.17) is 0 Å². The van der Waals surface area contributed by atoms with E-state index in [1.807, 2.05) is 18.2 Å². The standard InChI is InChI=1S/C20H19F/c1-20(2,3)19-13-15(21)11-12-18(19)17-10-6-8-14-7-4-5-9-16(14)17/h4-13H,1-3H3. The molecule has 3 aromatic carbocycles. The fourth-order valence-corrected chi connectivity index (χ4v) is 2.83. The molecule has 21 heavy (non-hydrogen) atoms. The summed E-state index contributed by atoms with van der Waals surface area (Å²) >= 11 is 0. The Balaban J connectivity index is 2.34. The second-order valence-corrected chi connectivity index (χ2v) is 6.47. The molecule has 0 spiro atoms. The Morgan fingerprint density at radius 1 is 0.762 bits per heavy atom. The van der Waals surface area contributed by atoms with Gasteiger partial charge in [-0.3, -0.25) is 0 Å². The van der Waals surface area contributed by atoms with E-state index >= 15 is 0 Å². The SMILES string of the molecule is CC(C)(C)c1cc(F)ccc1-c1cccc2ccccc12. The number of rotatable bonds is 1. The minimum atomic E-state index is -0.177. The van der Waals surface area contributed by atoms with Crippen LogP contribution in [0.2, 0.25) is 0 Å². The molecular formula is C20H19F. The Morgan fingerprint density at radius 3 is 2.24 bits per heavy atom. The molecule has 0 atom stereocenters. The zero-order valence-corrected chi connectivity index (χ0v) is 12.7. The first-order chi connectivity index (χ1) is 9.97. The van der Waals surface area contributed by atoms with Crippen molar-refractivity contribution in [3.63, 3.8) is 0 Å². The van der Waals surface area contributed by atoms with E-state index in [0.29, 0.717) is 0 Å². The Morgan fingerprint density at radius 2 is 1.48 bits per heavy atom. The summed E-state index contributed by atoms with van der Waals surface area (Å²) in [6, 6.07) is 19.7. The van der Waals surface area contributed by atoms with Crippen molar-refractivity contribution in [3.8, 4) is 11.1 Å². The summed E-state index contributed by atoms with van der Waals surface area (Å²) in [7, 11) is 0. The van der Waals surface area contributed by atoms with Crippen LogP contribution >= 0.6 is 0 Å². The first-order valence-corrected chi connectivity index (χ1v) is 7.25. The van der Waals surface area contributed by atoms with Crippen molar-refractivity contribution in [1.82, 2.24) is 0 Å². The highest BCUT2D eigenvalue weighted by atomic mass is 19.1. The Labute approximate surface area is 125 Å². The Bertz CT molecular complexity index is 789. The lowest BCUT2D eigenvalue weighted by Gasteiger charge is -2.24. The number of hydrogen-bond donors (Lipinski definition) is 0. The average molecular weight is 278 g/mol. The lowest BCUT2D eigenvalue weighted by atomic mass is 9.81. The molecule has 3 aromatic rings. The largest absolute Gasteiger partial charge is 0.207 e. The highest BCUT2D eigenvalue weighted by Gasteiger charge is 2.20. The first-order valence-electron chi connectivity index (χ1n) is 7.25. The predicted molar refractivity (Wildman–Crippen MR) is 88.0 cm³/mol. The van der Waals surface area contributed by atoms with Crippen molar-refractivity contribution in [2.24, 2.45) is 0 Å². The van der Waals surface area contributed by atoms with Crippen molar-refractivity contribution in [3.05, 3.63) is 72.0 Å². The van der Waals surface area contributed by atoms with Gasteiger partial charge in [-0.05, 0) is 45.0 Å². The molecule has 0 aliphatic carbocycles. The number of hydrogen-bond acceptors (Lipinski definition) is 0. The zero-order chi connectivity index (χ0) is 15.0. The van der Waals surface area contributed by atoms with Gasteiger partial charge in [-0.2, -0.15) is 0 Å². The second-order valence-electron chi connectivity index (χ2n) is 6.47. The van der Waals surface area contributed by atoms with Crippen molar-refractivity contribution >= 4 is 10.8 Å². The van der Waals surface area contributed by atoms with Gasteiger partial charge in [0, 0.05) is 0 Å². The van der Waals surface area contributed by atoms with E-state index < -0.39 is 0 Å². The summed E-state index contributed by atoms with van der Waals surface area (Å²) < 4.78 is 13.7. The van der Waals surface area contributed by atoms with Gasteiger partial charge in [-0.25, -0.2) is 4.39 Å². The van der Waals surface area contributed by atoms with Crippen LogP contribution in [-0.2, 0) is 5.41 Å². The van der Waals surface area contributed by atoms with E-state index in [2.05, 4.69) is 51.1 Å². The fourth-order valence-electron chi connectivity index (χ4n) is 2.83. The number of halogens is 1. The van der Waals surface area contributed by atoms with Gasteiger partial charge in [0.1, 0.15) is 5.82 Å². The fraction of sp³-hybridized carbons (Fsp3) is 0.200. The van der Waals surface area contributed by atoms with Gasteiger partial charge in [-0.15, -0.1) is 0 Å². The minimum Gasteiger partial charge on any atom is -0.207 e. The van der Waals surface area contributed by atoms with E-state index in [0.717, 1.165) is 16.7 Å². The maximum Gasteiger partial charge on any atom is 0.123 e. The van der Waals surface area contributed by atoms with E-state index in [9.17, 15) is 4.39 Å². The molecule has 0 unspecified atom stereocenters. The average Bonchev–Trinajstić information content (AvgIpc) is 2.46.